The van der Waals surface area contributed by atoms with Gasteiger partial charge in [-0.05, 0) is 30.3 Å². The van der Waals surface area contributed by atoms with Gasteiger partial charge in [0.1, 0.15) is 0 Å². The molecule has 0 saturated heterocycles. The highest BCUT2D eigenvalue weighted by Crippen LogP contribution is 2.32. The van der Waals surface area contributed by atoms with E-state index in [-0.39, 0.29) is 11.4 Å². The number of nitrogens with zero attached hydrogens (tertiary/aromatic N) is 2. The summed E-state index contributed by atoms with van der Waals surface area (Å²) in [4.78, 5) is 7.37. The molecule has 0 fully saturated rings. The molecule has 0 aliphatic heterocycles. The predicted molar refractivity (Wildman–Crippen MR) is 93.3 cm³/mol. The van der Waals surface area contributed by atoms with Gasteiger partial charge in [-0.15, -0.1) is 0 Å². The monoisotopic (exact) mass is 456 g/mol. The Kier molecular flexibility index (Phi) is 4.73. The average Bonchev–Trinajstić information content (AvgIpc) is 2.55. The molecule has 2 nitrogen and oxygen atoms in total. The van der Waals surface area contributed by atoms with Gasteiger partial charge in [0.15, 0.2) is 0 Å². The van der Waals surface area contributed by atoms with Crippen LogP contribution in [-0.4, -0.2) is 9.97 Å². The van der Waals surface area contributed by atoms with Gasteiger partial charge in [0.25, 0.3) is 0 Å². The number of aromatic nitrogens is 2. The Morgan fingerprint density at radius 3 is 1.38 bits per heavy atom. The summed E-state index contributed by atoms with van der Waals surface area (Å²) >= 11 is 6.61. The summed E-state index contributed by atoms with van der Waals surface area (Å²) in [6.45, 7) is 0. The SMILES string of the molecule is FC(F)(F)c1nc(-c2ccc(Br)cc2)cc(-c2ccc(Br)cc2)n1. The van der Waals surface area contributed by atoms with Crippen molar-refractivity contribution in [2.45, 2.75) is 6.18 Å². The number of halogens is 5. The standard InChI is InChI=1S/C17H9Br2F3N2/c18-12-5-1-10(2-6-12)14-9-15(11-3-7-13(19)8-4-11)24-16(23-14)17(20,21)22/h1-9H. The van der Waals surface area contributed by atoms with Crippen molar-refractivity contribution in [2.24, 2.45) is 0 Å². The van der Waals surface area contributed by atoms with Crippen LogP contribution in [0.5, 0.6) is 0 Å². The van der Waals surface area contributed by atoms with E-state index in [2.05, 4.69) is 41.8 Å². The topological polar surface area (TPSA) is 25.8 Å². The Labute approximate surface area is 153 Å². The van der Waals surface area contributed by atoms with Gasteiger partial charge in [-0.3, -0.25) is 0 Å². The lowest BCUT2D eigenvalue weighted by Gasteiger charge is -2.11. The fraction of sp³-hybridized carbons (Fsp3) is 0.0588. The summed E-state index contributed by atoms with van der Waals surface area (Å²) in [6.07, 6.45) is -4.62. The van der Waals surface area contributed by atoms with Crippen molar-refractivity contribution in [1.82, 2.24) is 9.97 Å². The third-order valence-corrected chi connectivity index (χ3v) is 4.32. The lowest BCUT2D eigenvalue weighted by Crippen LogP contribution is -2.12. The minimum atomic E-state index is -4.62. The number of hydrogen-bond donors (Lipinski definition) is 0. The normalized spacial score (nSPS) is 11.5. The van der Waals surface area contributed by atoms with Crippen LogP contribution in [0.15, 0.2) is 63.5 Å². The maximum Gasteiger partial charge on any atom is 0.451 e. The summed E-state index contributed by atoms with van der Waals surface area (Å²) < 4.78 is 41.2. The first kappa shape index (κ1) is 17.1. The maximum atomic E-state index is 13.2. The molecule has 3 rings (SSSR count). The zero-order valence-electron chi connectivity index (χ0n) is 12.0. The molecule has 24 heavy (non-hydrogen) atoms. The van der Waals surface area contributed by atoms with E-state index in [9.17, 15) is 13.2 Å². The van der Waals surface area contributed by atoms with Gasteiger partial charge in [0, 0.05) is 20.1 Å². The van der Waals surface area contributed by atoms with E-state index in [0.29, 0.717) is 11.1 Å². The Balaban J connectivity index is 2.17. The summed E-state index contributed by atoms with van der Waals surface area (Å²) in [7, 11) is 0. The molecule has 0 spiro atoms. The molecule has 0 N–H and O–H groups in total. The van der Waals surface area contributed by atoms with Crippen molar-refractivity contribution in [3.63, 3.8) is 0 Å². The Bertz CT molecular complexity index is 797. The van der Waals surface area contributed by atoms with Crippen molar-refractivity contribution >= 4 is 31.9 Å². The summed E-state index contributed by atoms with van der Waals surface area (Å²) in [6, 6.07) is 15.4. The smallest absolute Gasteiger partial charge is 0.224 e. The van der Waals surface area contributed by atoms with Crippen LogP contribution in [0.2, 0.25) is 0 Å². The van der Waals surface area contributed by atoms with Crippen LogP contribution in [0, 0.1) is 0 Å². The highest BCUT2D eigenvalue weighted by Gasteiger charge is 2.35. The van der Waals surface area contributed by atoms with E-state index in [1.54, 1.807) is 54.6 Å². The zero-order valence-corrected chi connectivity index (χ0v) is 15.2. The van der Waals surface area contributed by atoms with E-state index in [0.717, 1.165) is 8.95 Å². The number of alkyl halides is 3. The fourth-order valence-corrected chi connectivity index (χ4v) is 2.64. The largest absolute Gasteiger partial charge is 0.451 e. The second-order valence-corrected chi connectivity index (χ2v) is 6.80. The van der Waals surface area contributed by atoms with Crippen LogP contribution in [0.4, 0.5) is 13.2 Å². The molecule has 0 aliphatic carbocycles. The maximum absolute atomic E-state index is 13.2. The molecular weight excluding hydrogens is 449 g/mol. The van der Waals surface area contributed by atoms with Crippen LogP contribution in [0.3, 0.4) is 0 Å². The lowest BCUT2D eigenvalue weighted by molar-refractivity contribution is -0.144. The van der Waals surface area contributed by atoms with Gasteiger partial charge in [-0.2, -0.15) is 13.2 Å². The molecule has 0 atom stereocenters. The highest BCUT2D eigenvalue weighted by atomic mass is 79.9. The van der Waals surface area contributed by atoms with Gasteiger partial charge >= 0.3 is 6.18 Å². The van der Waals surface area contributed by atoms with E-state index < -0.39 is 12.0 Å². The molecule has 0 radical (unpaired) electrons. The second kappa shape index (κ2) is 6.64. The van der Waals surface area contributed by atoms with Crippen LogP contribution in [0.1, 0.15) is 5.82 Å². The van der Waals surface area contributed by atoms with Crippen LogP contribution in [-0.2, 0) is 6.18 Å². The first-order valence-electron chi connectivity index (χ1n) is 6.81. The minimum Gasteiger partial charge on any atom is -0.224 e. The predicted octanol–water partition coefficient (Wildman–Crippen LogP) is 6.35. The number of hydrogen-bond acceptors (Lipinski definition) is 2. The molecule has 2 aromatic carbocycles. The van der Waals surface area contributed by atoms with Gasteiger partial charge in [-0.1, -0.05) is 56.1 Å². The van der Waals surface area contributed by atoms with E-state index in [1.807, 2.05) is 0 Å². The average molecular weight is 458 g/mol. The van der Waals surface area contributed by atoms with Crippen molar-refractivity contribution in [1.29, 1.82) is 0 Å². The molecule has 7 heteroatoms. The molecule has 0 bridgehead atoms. The van der Waals surface area contributed by atoms with Crippen LogP contribution in [0.25, 0.3) is 22.5 Å². The summed E-state index contributed by atoms with van der Waals surface area (Å²) in [5, 5.41) is 0. The lowest BCUT2D eigenvalue weighted by atomic mass is 10.1. The third kappa shape index (κ3) is 3.84. The molecule has 0 saturated carbocycles. The molecular formula is C17H9Br2F3N2. The Morgan fingerprint density at radius 2 is 1.04 bits per heavy atom. The van der Waals surface area contributed by atoms with Gasteiger partial charge in [0.2, 0.25) is 5.82 Å². The molecule has 1 aromatic heterocycles. The first-order valence-corrected chi connectivity index (χ1v) is 8.40. The molecule has 0 aliphatic rings. The molecule has 0 amide bonds. The van der Waals surface area contributed by atoms with Crippen molar-refractivity contribution in [3.8, 4) is 22.5 Å². The molecule has 0 unspecified atom stereocenters. The highest BCUT2D eigenvalue weighted by molar-refractivity contribution is 9.10. The van der Waals surface area contributed by atoms with Crippen molar-refractivity contribution in [2.75, 3.05) is 0 Å². The van der Waals surface area contributed by atoms with E-state index >= 15 is 0 Å². The number of rotatable bonds is 2. The summed E-state index contributed by atoms with van der Waals surface area (Å²) in [5.41, 5.74) is 1.62. The second-order valence-electron chi connectivity index (χ2n) is 4.97. The van der Waals surface area contributed by atoms with E-state index in [4.69, 9.17) is 0 Å². The molecule has 1 heterocycles. The fourth-order valence-electron chi connectivity index (χ4n) is 2.11. The Hall–Kier alpha value is -1.73. The van der Waals surface area contributed by atoms with E-state index in [1.165, 1.54) is 0 Å². The molecule has 122 valence electrons. The van der Waals surface area contributed by atoms with Crippen molar-refractivity contribution < 1.29 is 13.2 Å². The quantitative estimate of drug-likeness (QED) is 0.447. The van der Waals surface area contributed by atoms with Crippen molar-refractivity contribution in [3.05, 3.63) is 69.4 Å². The minimum absolute atomic E-state index is 0.225. The van der Waals surface area contributed by atoms with Gasteiger partial charge < -0.3 is 0 Å². The van der Waals surface area contributed by atoms with Crippen LogP contribution >= 0.6 is 31.9 Å². The third-order valence-electron chi connectivity index (χ3n) is 3.26. The number of benzene rings is 2. The van der Waals surface area contributed by atoms with Gasteiger partial charge in [0.05, 0.1) is 11.4 Å². The van der Waals surface area contributed by atoms with Crippen LogP contribution < -0.4 is 0 Å². The molecule has 3 aromatic rings. The van der Waals surface area contributed by atoms with Gasteiger partial charge in [-0.25, -0.2) is 9.97 Å². The summed E-state index contributed by atoms with van der Waals surface area (Å²) in [5.74, 6) is -1.15. The zero-order chi connectivity index (χ0) is 17.3. The first-order chi connectivity index (χ1) is 11.3. The Morgan fingerprint density at radius 1 is 0.667 bits per heavy atom.